The van der Waals surface area contributed by atoms with Crippen LogP contribution in [-0.4, -0.2) is 21.9 Å². The van der Waals surface area contributed by atoms with Crippen molar-refractivity contribution in [3.63, 3.8) is 0 Å². The molecule has 0 atom stereocenters. The molecule has 0 saturated carbocycles. The van der Waals surface area contributed by atoms with Gasteiger partial charge in [-0.15, -0.1) is 0 Å². The number of hydrogen-bond acceptors (Lipinski definition) is 3. The van der Waals surface area contributed by atoms with E-state index >= 15 is 0 Å². The molecule has 27 heavy (non-hydrogen) atoms. The van der Waals surface area contributed by atoms with E-state index in [1.807, 2.05) is 19.1 Å². The zero-order chi connectivity index (χ0) is 18.4. The summed E-state index contributed by atoms with van der Waals surface area (Å²) in [7, 11) is 1.71. The summed E-state index contributed by atoms with van der Waals surface area (Å²) in [6.07, 6.45) is 1.64. The molecule has 3 aromatic rings. The maximum Gasteiger partial charge on any atom is 0.245 e. The number of aromatic nitrogens is 2. The van der Waals surface area contributed by atoms with Gasteiger partial charge in [0.2, 0.25) is 35.1 Å². The number of imidazole rings is 1. The lowest BCUT2D eigenvalue weighted by Gasteiger charge is -2.12. The zero-order valence-corrected chi connectivity index (χ0v) is 16.5. The third-order valence-corrected chi connectivity index (χ3v) is 4.71. The Morgan fingerprint density at radius 2 is 1.56 bits per heavy atom. The van der Waals surface area contributed by atoms with Gasteiger partial charge in [0, 0.05) is 16.7 Å². The minimum Gasteiger partial charge on any atom is -1.00 e. The molecule has 1 heterocycles. The molecule has 1 aromatic heterocycles. The predicted octanol–water partition coefficient (Wildman–Crippen LogP) is -0.717. The number of aryl methyl sites for hydroxylation is 2. The SMILES string of the molecule is Cc1ccc(C(=O)Cn2c[n+](C)c3c2C(=O)c2ccccc2C3=O)cc1.[Br-]. The number of carbonyl (C=O) groups is 3. The van der Waals surface area contributed by atoms with Gasteiger partial charge >= 0.3 is 0 Å². The second kappa shape index (κ2) is 7.04. The van der Waals surface area contributed by atoms with Gasteiger partial charge < -0.3 is 17.0 Å². The van der Waals surface area contributed by atoms with Crippen LogP contribution in [0.25, 0.3) is 0 Å². The molecule has 0 aliphatic heterocycles. The Hall–Kier alpha value is -2.86. The summed E-state index contributed by atoms with van der Waals surface area (Å²) in [5, 5.41) is 0. The van der Waals surface area contributed by atoms with Crippen molar-refractivity contribution in [3.8, 4) is 0 Å². The second-order valence-electron chi connectivity index (χ2n) is 6.54. The van der Waals surface area contributed by atoms with E-state index in [-0.39, 0.29) is 46.6 Å². The lowest BCUT2D eigenvalue weighted by molar-refractivity contribution is -0.672. The number of benzene rings is 2. The van der Waals surface area contributed by atoms with Crippen LogP contribution in [0.5, 0.6) is 0 Å². The fourth-order valence-electron chi connectivity index (χ4n) is 3.37. The summed E-state index contributed by atoms with van der Waals surface area (Å²) >= 11 is 0. The Bertz CT molecular complexity index is 1080. The fraction of sp³-hybridized carbons (Fsp3) is 0.143. The third kappa shape index (κ3) is 3.06. The summed E-state index contributed by atoms with van der Waals surface area (Å²) in [5.41, 5.74) is 3.04. The van der Waals surface area contributed by atoms with Gasteiger partial charge in [0.15, 0.2) is 6.54 Å². The number of Topliss-reactive ketones (excluding diaryl/α,β-unsaturated/α-hetero) is 1. The molecule has 1 aliphatic rings. The average molecular weight is 425 g/mol. The van der Waals surface area contributed by atoms with Crippen molar-refractivity contribution in [2.75, 3.05) is 0 Å². The molecular weight excluding hydrogens is 408 g/mol. The highest BCUT2D eigenvalue weighted by molar-refractivity contribution is 6.26. The first-order chi connectivity index (χ1) is 12.5. The molecule has 5 nitrogen and oxygen atoms in total. The number of hydrogen-bond donors (Lipinski definition) is 0. The molecule has 0 bridgehead atoms. The number of halogens is 1. The van der Waals surface area contributed by atoms with Gasteiger partial charge in [0.1, 0.15) is 0 Å². The van der Waals surface area contributed by atoms with Gasteiger partial charge in [-0.25, -0.2) is 9.13 Å². The smallest absolute Gasteiger partial charge is 0.245 e. The zero-order valence-electron chi connectivity index (χ0n) is 14.9. The molecule has 0 amide bonds. The van der Waals surface area contributed by atoms with E-state index in [0.29, 0.717) is 22.4 Å². The molecule has 136 valence electrons. The summed E-state index contributed by atoms with van der Waals surface area (Å²) in [6, 6.07) is 14.1. The van der Waals surface area contributed by atoms with Crippen LogP contribution in [0.15, 0.2) is 54.9 Å². The average Bonchev–Trinajstić information content (AvgIpc) is 2.96. The van der Waals surface area contributed by atoms with Crippen LogP contribution in [0, 0.1) is 6.92 Å². The van der Waals surface area contributed by atoms with Crippen LogP contribution >= 0.6 is 0 Å². The summed E-state index contributed by atoms with van der Waals surface area (Å²) < 4.78 is 3.20. The van der Waals surface area contributed by atoms with Crippen molar-refractivity contribution < 1.29 is 35.9 Å². The van der Waals surface area contributed by atoms with E-state index in [2.05, 4.69) is 0 Å². The topological polar surface area (TPSA) is 60.0 Å². The highest BCUT2D eigenvalue weighted by Gasteiger charge is 2.40. The van der Waals surface area contributed by atoms with Crippen molar-refractivity contribution in [1.29, 1.82) is 0 Å². The van der Waals surface area contributed by atoms with E-state index < -0.39 is 0 Å². The van der Waals surface area contributed by atoms with Crippen LogP contribution < -0.4 is 21.5 Å². The molecule has 6 heteroatoms. The maximum absolute atomic E-state index is 13.0. The van der Waals surface area contributed by atoms with E-state index in [0.717, 1.165) is 5.56 Å². The first kappa shape index (κ1) is 18.9. The summed E-state index contributed by atoms with van der Waals surface area (Å²) in [5.74, 6) is -0.533. The fourth-order valence-corrected chi connectivity index (χ4v) is 3.37. The lowest BCUT2D eigenvalue weighted by Crippen LogP contribution is -3.00. The molecule has 0 fully saturated rings. The van der Waals surface area contributed by atoms with Crippen LogP contribution in [0.3, 0.4) is 0 Å². The summed E-state index contributed by atoms with van der Waals surface area (Å²) in [4.78, 5) is 38.4. The second-order valence-corrected chi connectivity index (χ2v) is 6.54. The highest BCUT2D eigenvalue weighted by Crippen LogP contribution is 2.25. The number of ketones is 3. The van der Waals surface area contributed by atoms with E-state index in [4.69, 9.17) is 0 Å². The number of nitrogens with zero attached hydrogens (tertiary/aromatic N) is 2. The quantitative estimate of drug-likeness (QED) is 0.322. The monoisotopic (exact) mass is 424 g/mol. The Morgan fingerprint density at radius 1 is 0.963 bits per heavy atom. The van der Waals surface area contributed by atoms with Crippen LogP contribution in [0.2, 0.25) is 0 Å². The van der Waals surface area contributed by atoms with Crippen molar-refractivity contribution >= 4 is 17.3 Å². The Morgan fingerprint density at radius 3 is 2.19 bits per heavy atom. The van der Waals surface area contributed by atoms with Crippen LogP contribution in [-0.2, 0) is 13.6 Å². The standard InChI is InChI=1S/C21H17N2O3.BrH/c1-13-7-9-14(10-8-13)17(24)11-23-12-22(2)18-19(23)21(26)16-6-4-3-5-15(16)20(18)25;/h3-10,12H,11H2,1-2H3;1H/q+1;/p-1. The van der Waals surface area contributed by atoms with Crippen molar-refractivity contribution in [3.05, 3.63) is 88.5 Å². The van der Waals surface area contributed by atoms with Crippen LogP contribution in [0.4, 0.5) is 0 Å². The molecule has 0 radical (unpaired) electrons. The first-order valence-electron chi connectivity index (χ1n) is 8.34. The molecular formula is C21H17BrN2O3. The van der Waals surface area contributed by atoms with Crippen molar-refractivity contribution in [2.24, 2.45) is 7.05 Å². The summed E-state index contributed by atoms with van der Waals surface area (Å²) in [6.45, 7) is 1.96. The normalized spacial score (nSPS) is 12.2. The Kier molecular flexibility index (Phi) is 4.93. The minimum atomic E-state index is -0.229. The minimum absolute atomic E-state index is 0. The van der Waals surface area contributed by atoms with Gasteiger partial charge in [0.25, 0.3) is 0 Å². The highest BCUT2D eigenvalue weighted by atomic mass is 79.9. The van der Waals surface area contributed by atoms with Gasteiger partial charge in [-0.05, 0) is 6.92 Å². The number of carbonyl (C=O) groups excluding carboxylic acids is 3. The van der Waals surface area contributed by atoms with Gasteiger partial charge in [-0.3, -0.25) is 14.4 Å². The Balaban J connectivity index is 0.00000210. The number of fused-ring (bicyclic) bond motifs is 2. The molecule has 2 aromatic carbocycles. The lowest BCUT2D eigenvalue weighted by atomic mass is 9.90. The maximum atomic E-state index is 13.0. The predicted molar refractivity (Wildman–Crippen MR) is 94.4 cm³/mol. The first-order valence-corrected chi connectivity index (χ1v) is 8.34. The Labute approximate surface area is 167 Å². The van der Waals surface area contributed by atoms with E-state index in [1.54, 1.807) is 58.9 Å². The largest absolute Gasteiger partial charge is 1.00 e. The molecule has 0 N–H and O–H groups in total. The van der Waals surface area contributed by atoms with Gasteiger partial charge in [-0.2, -0.15) is 0 Å². The van der Waals surface area contributed by atoms with Gasteiger partial charge in [0.05, 0.1) is 7.05 Å². The molecule has 1 aliphatic carbocycles. The third-order valence-electron chi connectivity index (χ3n) is 4.71. The molecule has 0 spiro atoms. The van der Waals surface area contributed by atoms with E-state index in [1.165, 1.54) is 0 Å². The van der Waals surface area contributed by atoms with E-state index in [9.17, 15) is 14.4 Å². The van der Waals surface area contributed by atoms with Gasteiger partial charge in [-0.1, -0.05) is 54.1 Å². The molecule has 0 unspecified atom stereocenters. The molecule has 0 saturated heterocycles. The molecule has 4 rings (SSSR count). The number of rotatable bonds is 3. The van der Waals surface area contributed by atoms with Crippen molar-refractivity contribution in [2.45, 2.75) is 13.5 Å². The van der Waals surface area contributed by atoms with Crippen molar-refractivity contribution in [1.82, 2.24) is 4.57 Å². The van der Waals surface area contributed by atoms with Crippen LogP contribution in [0.1, 0.15) is 48.0 Å².